The van der Waals surface area contributed by atoms with E-state index in [2.05, 4.69) is 15.7 Å². The molecule has 2 rings (SSSR count). The number of halogens is 1. The molecule has 5 nitrogen and oxygen atoms in total. The van der Waals surface area contributed by atoms with Gasteiger partial charge in [-0.1, -0.05) is 23.7 Å². The average molecular weight is 307 g/mol. The molecule has 0 bridgehead atoms. The Bertz CT molecular complexity index is 611. The average Bonchev–Trinajstić information content (AvgIpc) is 2.86. The molecule has 2 aromatic rings. The van der Waals surface area contributed by atoms with E-state index in [0.717, 1.165) is 17.5 Å². The van der Waals surface area contributed by atoms with Crippen LogP contribution in [-0.4, -0.2) is 29.3 Å². The lowest BCUT2D eigenvalue weighted by atomic mass is 10.1. The van der Waals surface area contributed by atoms with Crippen molar-refractivity contribution in [3.63, 3.8) is 0 Å². The summed E-state index contributed by atoms with van der Waals surface area (Å²) < 4.78 is 1.68. The Labute approximate surface area is 129 Å². The van der Waals surface area contributed by atoms with Gasteiger partial charge in [-0.25, -0.2) is 0 Å². The van der Waals surface area contributed by atoms with Gasteiger partial charge in [0.15, 0.2) is 0 Å². The molecule has 0 aliphatic carbocycles. The van der Waals surface area contributed by atoms with Crippen LogP contribution in [-0.2, 0) is 18.3 Å². The summed E-state index contributed by atoms with van der Waals surface area (Å²) in [4.78, 5) is 12.2. The summed E-state index contributed by atoms with van der Waals surface area (Å²) >= 11 is 5.93. The van der Waals surface area contributed by atoms with E-state index in [1.54, 1.807) is 17.9 Å². The second-order valence-corrected chi connectivity index (χ2v) is 5.28. The van der Waals surface area contributed by atoms with Crippen molar-refractivity contribution >= 4 is 17.5 Å². The van der Waals surface area contributed by atoms with Crippen LogP contribution in [0, 0.1) is 0 Å². The molecule has 0 radical (unpaired) electrons. The third kappa shape index (κ3) is 4.31. The van der Waals surface area contributed by atoms with Crippen molar-refractivity contribution in [2.75, 3.05) is 13.6 Å². The molecule has 0 saturated heterocycles. The summed E-state index contributed by atoms with van der Waals surface area (Å²) in [5.74, 6) is -0.0625. The quantitative estimate of drug-likeness (QED) is 0.854. The van der Waals surface area contributed by atoms with Gasteiger partial charge in [0.05, 0.1) is 6.20 Å². The molecular formula is C15H19ClN4O. The fourth-order valence-corrected chi connectivity index (χ4v) is 2.38. The molecule has 1 unspecified atom stereocenters. The third-order valence-electron chi connectivity index (χ3n) is 3.21. The van der Waals surface area contributed by atoms with Crippen molar-refractivity contribution in [3.8, 4) is 0 Å². The van der Waals surface area contributed by atoms with Crippen molar-refractivity contribution in [1.29, 1.82) is 0 Å². The molecule has 1 aromatic carbocycles. The van der Waals surface area contributed by atoms with Crippen molar-refractivity contribution in [1.82, 2.24) is 20.4 Å². The lowest BCUT2D eigenvalue weighted by Gasteiger charge is -2.14. The maximum atomic E-state index is 12.2. The summed E-state index contributed by atoms with van der Waals surface area (Å²) in [6, 6.07) is 7.26. The number of hydrogen-bond donors (Lipinski definition) is 2. The number of hydrogen-bond acceptors (Lipinski definition) is 3. The number of carbonyl (C=O) groups excluding carboxylic acids is 1. The number of nitrogens with one attached hydrogen (secondary N) is 2. The van der Waals surface area contributed by atoms with E-state index in [4.69, 9.17) is 11.6 Å². The molecule has 0 aliphatic heterocycles. The number of benzene rings is 1. The number of nitrogens with zero attached hydrogens (tertiary/aromatic N) is 2. The Balaban J connectivity index is 1.88. The van der Waals surface area contributed by atoms with Crippen LogP contribution >= 0.6 is 11.6 Å². The van der Waals surface area contributed by atoms with Gasteiger partial charge < -0.3 is 10.6 Å². The van der Waals surface area contributed by atoms with Gasteiger partial charge in [0.2, 0.25) is 5.91 Å². The number of carbonyl (C=O) groups is 1. The smallest absolute Gasteiger partial charge is 0.241 e. The van der Waals surface area contributed by atoms with Crippen LogP contribution in [0.4, 0.5) is 0 Å². The van der Waals surface area contributed by atoms with Gasteiger partial charge in [-0.2, -0.15) is 5.10 Å². The van der Waals surface area contributed by atoms with Crippen LogP contribution in [0.15, 0.2) is 36.7 Å². The SMILES string of the molecule is CNC(C(=O)NCCc1cccc(Cl)c1)c1cnn(C)c1. The van der Waals surface area contributed by atoms with E-state index in [0.29, 0.717) is 11.6 Å². The molecule has 0 spiro atoms. The van der Waals surface area contributed by atoms with Crippen molar-refractivity contribution in [2.45, 2.75) is 12.5 Å². The summed E-state index contributed by atoms with van der Waals surface area (Å²) in [7, 11) is 3.58. The Kier molecular flexibility index (Phi) is 5.36. The first-order valence-corrected chi connectivity index (χ1v) is 7.16. The van der Waals surface area contributed by atoms with E-state index < -0.39 is 6.04 Å². The fraction of sp³-hybridized carbons (Fsp3) is 0.333. The molecule has 0 fully saturated rings. The van der Waals surface area contributed by atoms with Gasteiger partial charge >= 0.3 is 0 Å². The molecule has 0 aliphatic rings. The number of aryl methyl sites for hydroxylation is 1. The second kappa shape index (κ2) is 7.24. The molecule has 1 aromatic heterocycles. The topological polar surface area (TPSA) is 59.0 Å². The van der Waals surface area contributed by atoms with Crippen molar-refractivity contribution in [2.24, 2.45) is 7.05 Å². The zero-order valence-electron chi connectivity index (χ0n) is 12.1. The van der Waals surface area contributed by atoms with Crippen LogP contribution in [0.3, 0.4) is 0 Å². The highest BCUT2D eigenvalue weighted by Crippen LogP contribution is 2.12. The molecule has 1 heterocycles. The Morgan fingerprint density at radius 3 is 2.90 bits per heavy atom. The number of likely N-dealkylation sites (N-methyl/N-ethyl adjacent to an activating group) is 1. The Morgan fingerprint density at radius 1 is 1.48 bits per heavy atom. The summed E-state index contributed by atoms with van der Waals surface area (Å²) in [6.45, 7) is 0.567. The zero-order chi connectivity index (χ0) is 15.2. The van der Waals surface area contributed by atoms with Crippen molar-refractivity contribution < 1.29 is 4.79 Å². The molecule has 1 atom stereocenters. The highest BCUT2D eigenvalue weighted by molar-refractivity contribution is 6.30. The first-order valence-electron chi connectivity index (χ1n) is 6.78. The Morgan fingerprint density at radius 2 is 2.29 bits per heavy atom. The first-order chi connectivity index (χ1) is 10.1. The molecule has 112 valence electrons. The van der Waals surface area contributed by atoms with Gasteiger partial charge in [-0.3, -0.25) is 9.48 Å². The maximum absolute atomic E-state index is 12.2. The van der Waals surface area contributed by atoms with Crippen molar-refractivity contribution in [3.05, 3.63) is 52.8 Å². The number of amides is 1. The van der Waals surface area contributed by atoms with Gasteiger partial charge in [-0.05, 0) is 31.2 Å². The summed E-state index contributed by atoms with van der Waals surface area (Å²) in [5.41, 5.74) is 1.95. The largest absolute Gasteiger partial charge is 0.354 e. The maximum Gasteiger partial charge on any atom is 0.241 e. The lowest BCUT2D eigenvalue weighted by molar-refractivity contribution is -0.123. The lowest BCUT2D eigenvalue weighted by Crippen LogP contribution is -2.36. The predicted molar refractivity (Wildman–Crippen MR) is 83.2 cm³/mol. The molecule has 1 amide bonds. The van der Waals surface area contributed by atoms with Crippen LogP contribution < -0.4 is 10.6 Å². The van der Waals surface area contributed by atoms with E-state index in [1.165, 1.54) is 0 Å². The second-order valence-electron chi connectivity index (χ2n) is 4.84. The third-order valence-corrected chi connectivity index (χ3v) is 3.45. The number of aromatic nitrogens is 2. The van der Waals surface area contributed by atoms with Gasteiger partial charge in [0.25, 0.3) is 0 Å². The van der Waals surface area contributed by atoms with E-state index in [1.807, 2.05) is 37.5 Å². The van der Waals surface area contributed by atoms with Crippen LogP contribution in [0.5, 0.6) is 0 Å². The first kappa shape index (κ1) is 15.5. The molecule has 0 saturated carbocycles. The van der Waals surface area contributed by atoms with E-state index in [9.17, 15) is 4.79 Å². The minimum absolute atomic E-state index is 0.0625. The predicted octanol–water partition coefficient (Wildman–Crippen LogP) is 1.69. The monoisotopic (exact) mass is 306 g/mol. The highest BCUT2D eigenvalue weighted by atomic mass is 35.5. The van der Waals surface area contributed by atoms with Crippen LogP contribution in [0.25, 0.3) is 0 Å². The highest BCUT2D eigenvalue weighted by Gasteiger charge is 2.19. The van der Waals surface area contributed by atoms with E-state index >= 15 is 0 Å². The summed E-state index contributed by atoms with van der Waals surface area (Å²) in [6.07, 6.45) is 4.27. The standard InChI is InChI=1S/C15H19ClN4O/c1-17-14(12-9-19-20(2)10-12)15(21)18-7-6-11-4-3-5-13(16)8-11/h3-5,8-10,14,17H,6-7H2,1-2H3,(H,18,21). The number of rotatable bonds is 6. The Hall–Kier alpha value is -1.85. The minimum atomic E-state index is -0.391. The van der Waals surface area contributed by atoms with Crippen LogP contribution in [0.1, 0.15) is 17.2 Å². The van der Waals surface area contributed by atoms with Gasteiger partial charge in [0.1, 0.15) is 6.04 Å². The molecule has 21 heavy (non-hydrogen) atoms. The normalized spacial score (nSPS) is 12.1. The van der Waals surface area contributed by atoms with Gasteiger partial charge in [0, 0.05) is 30.4 Å². The van der Waals surface area contributed by atoms with Gasteiger partial charge in [-0.15, -0.1) is 0 Å². The van der Waals surface area contributed by atoms with E-state index in [-0.39, 0.29) is 5.91 Å². The molecule has 6 heteroatoms. The minimum Gasteiger partial charge on any atom is -0.354 e. The van der Waals surface area contributed by atoms with Crippen LogP contribution in [0.2, 0.25) is 5.02 Å². The summed E-state index contributed by atoms with van der Waals surface area (Å²) in [5, 5.41) is 10.7. The fourth-order valence-electron chi connectivity index (χ4n) is 2.16. The molecule has 2 N–H and O–H groups in total. The molecular weight excluding hydrogens is 288 g/mol. The zero-order valence-corrected chi connectivity index (χ0v) is 12.9.